The number of nitrogens with two attached hydrogens (primary N) is 1. The summed E-state index contributed by atoms with van der Waals surface area (Å²) in [7, 11) is 0. The Balaban J connectivity index is 0.00000196. The fourth-order valence-corrected chi connectivity index (χ4v) is 1.95. The first-order valence-corrected chi connectivity index (χ1v) is 5.05. The number of aryl methyl sites for hydroxylation is 1. The van der Waals surface area contributed by atoms with Gasteiger partial charge in [0.05, 0.1) is 0 Å². The SMILES string of the molecule is C=C(C)C[C@H](N)c1c(C)cccc1Cl.Cl. The van der Waals surface area contributed by atoms with E-state index in [2.05, 4.69) is 6.58 Å². The zero-order chi connectivity index (χ0) is 10.7. The van der Waals surface area contributed by atoms with E-state index >= 15 is 0 Å². The van der Waals surface area contributed by atoms with Crippen LogP contribution in [0.5, 0.6) is 0 Å². The van der Waals surface area contributed by atoms with Crippen LogP contribution in [0.15, 0.2) is 30.4 Å². The van der Waals surface area contributed by atoms with Crippen LogP contribution in [0.2, 0.25) is 5.02 Å². The Hall–Kier alpha value is -0.500. The standard InChI is InChI=1S/C12H16ClN.ClH/c1-8(2)7-11(14)12-9(3)5-4-6-10(12)13;/h4-6,11H,1,7,14H2,2-3H3;1H/t11-;/m0./s1. The van der Waals surface area contributed by atoms with Crippen molar-refractivity contribution < 1.29 is 0 Å². The molecule has 84 valence electrons. The second-order valence-corrected chi connectivity index (χ2v) is 4.15. The fourth-order valence-electron chi connectivity index (χ4n) is 1.59. The molecule has 0 fully saturated rings. The highest BCUT2D eigenvalue weighted by Gasteiger charge is 2.12. The molecule has 0 radical (unpaired) electrons. The number of benzene rings is 1. The van der Waals surface area contributed by atoms with Gasteiger partial charge in [0.2, 0.25) is 0 Å². The first kappa shape index (κ1) is 14.5. The molecule has 0 saturated carbocycles. The van der Waals surface area contributed by atoms with Gasteiger partial charge >= 0.3 is 0 Å². The van der Waals surface area contributed by atoms with Crippen LogP contribution in [0.1, 0.15) is 30.5 Å². The first-order chi connectivity index (χ1) is 6.52. The Kier molecular flexibility index (Phi) is 5.96. The van der Waals surface area contributed by atoms with E-state index in [9.17, 15) is 0 Å². The van der Waals surface area contributed by atoms with Gasteiger partial charge in [-0.15, -0.1) is 19.0 Å². The second-order valence-electron chi connectivity index (χ2n) is 3.74. The fraction of sp³-hybridized carbons (Fsp3) is 0.333. The van der Waals surface area contributed by atoms with Crippen LogP contribution >= 0.6 is 24.0 Å². The average molecular weight is 246 g/mol. The minimum Gasteiger partial charge on any atom is -0.324 e. The molecule has 0 amide bonds. The number of hydrogen-bond donors (Lipinski definition) is 1. The monoisotopic (exact) mass is 245 g/mol. The lowest BCUT2D eigenvalue weighted by atomic mass is 9.97. The number of rotatable bonds is 3. The summed E-state index contributed by atoms with van der Waals surface area (Å²) in [5.74, 6) is 0. The summed E-state index contributed by atoms with van der Waals surface area (Å²) in [5, 5.41) is 0.749. The zero-order valence-electron chi connectivity index (χ0n) is 9.09. The highest BCUT2D eigenvalue weighted by Crippen LogP contribution is 2.28. The third-order valence-corrected chi connectivity index (χ3v) is 2.54. The van der Waals surface area contributed by atoms with Crippen LogP contribution in [-0.4, -0.2) is 0 Å². The predicted octanol–water partition coefficient (Wildman–Crippen LogP) is 4.04. The molecule has 2 N–H and O–H groups in total. The third kappa shape index (κ3) is 3.86. The number of hydrogen-bond acceptors (Lipinski definition) is 1. The second kappa shape index (κ2) is 6.16. The third-order valence-electron chi connectivity index (χ3n) is 2.21. The van der Waals surface area contributed by atoms with Crippen molar-refractivity contribution >= 4 is 24.0 Å². The largest absolute Gasteiger partial charge is 0.324 e. The summed E-state index contributed by atoms with van der Waals surface area (Å²) < 4.78 is 0. The minimum atomic E-state index is -0.0406. The Bertz CT molecular complexity index is 327. The van der Waals surface area contributed by atoms with Gasteiger partial charge in [0.15, 0.2) is 0 Å². The molecule has 0 aliphatic heterocycles. The van der Waals surface area contributed by atoms with Gasteiger partial charge in [0, 0.05) is 11.1 Å². The van der Waals surface area contributed by atoms with Gasteiger partial charge in [-0.3, -0.25) is 0 Å². The molecule has 3 heteroatoms. The average Bonchev–Trinajstić information content (AvgIpc) is 2.01. The zero-order valence-corrected chi connectivity index (χ0v) is 10.7. The van der Waals surface area contributed by atoms with Gasteiger partial charge in [-0.25, -0.2) is 0 Å². The molecule has 0 saturated heterocycles. The van der Waals surface area contributed by atoms with Gasteiger partial charge in [-0.05, 0) is 37.5 Å². The van der Waals surface area contributed by atoms with Crippen LogP contribution < -0.4 is 5.73 Å². The summed E-state index contributed by atoms with van der Waals surface area (Å²) in [6, 6.07) is 5.80. The van der Waals surface area contributed by atoms with Gasteiger partial charge < -0.3 is 5.73 Å². The maximum absolute atomic E-state index is 6.10. The molecule has 0 aromatic heterocycles. The molecule has 0 unspecified atom stereocenters. The van der Waals surface area contributed by atoms with Gasteiger partial charge in [0.25, 0.3) is 0 Å². The molecular formula is C12H17Cl2N. The van der Waals surface area contributed by atoms with E-state index in [0.29, 0.717) is 0 Å². The summed E-state index contributed by atoms with van der Waals surface area (Å²) >= 11 is 6.10. The molecular weight excluding hydrogens is 229 g/mol. The lowest BCUT2D eigenvalue weighted by Gasteiger charge is -2.16. The maximum Gasteiger partial charge on any atom is 0.0456 e. The van der Waals surface area contributed by atoms with Gasteiger partial charge in [-0.2, -0.15) is 0 Å². The van der Waals surface area contributed by atoms with Crippen molar-refractivity contribution in [2.75, 3.05) is 0 Å². The van der Waals surface area contributed by atoms with Crippen molar-refractivity contribution in [3.05, 3.63) is 46.5 Å². The Labute approximate surface area is 103 Å². The van der Waals surface area contributed by atoms with Gasteiger partial charge in [-0.1, -0.05) is 29.3 Å². The van der Waals surface area contributed by atoms with Crippen LogP contribution in [0.4, 0.5) is 0 Å². The predicted molar refractivity (Wildman–Crippen MR) is 69.8 cm³/mol. The lowest BCUT2D eigenvalue weighted by molar-refractivity contribution is 0.712. The topological polar surface area (TPSA) is 26.0 Å². The van der Waals surface area contributed by atoms with E-state index in [1.54, 1.807) is 0 Å². The molecule has 1 rings (SSSR count). The molecule has 0 bridgehead atoms. The lowest BCUT2D eigenvalue weighted by Crippen LogP contribution is -2.12. The minimum absolute atomic E-state index is 0. The van der Waals surface area contributed by atoms with Gasteiger partial charge in [0.1, 0.15) is 0 Å². The Morgan fingerprint density at radius 3 is 2.60 bits per heavy atom. The highest BCUT2D eigenvalue weighted by atomic mass is 35.5. The molecule has 1 aromatic rings. The maximum atomic E-state index is 6.10. The normalized spacial score (nSPS) is 11.7. The molecule has 1 nitrogen and oxygen atoms in total. The summed E-state index contributed by atoms with van der Waals surface area (Å²) in [4.78, 5) is 0. The van der Waals surface area contributed by atoms with Crippen molar-refractivity contribution in [2.24, 2.45) is 5.73 Å². The van der Waals surface area contributed by atoms with Crippen LogP contribution in [0, 0.1) is 6.92 Å². The van der Waals surface area contributed by atoms with Crippen molar-refractivity contribution in [2.45, 2.75) is 26.3 Å². The molecule has 1 aromatic carbocycles. The van der Waals surface area contributed by atoms with E-state index in [1.165, 1.54) is 0 Å². The summed E-state index contributed by atoms with van der Waals surface area (Å²) in [6.07, 6.45) is 0.782. The summed E-state index contributed by atoms with van der Waals surface area (Å²) in [6.45, 7) is 7.86. The summed E-state index contributed by atoms with van der Waals surface area (Å²) in [5.41, 5.74) is 9.32. The van der Waals surface area contributed by atoms with E-state index < -0.39 is 0 Å². The van der Waals surface area contributed by atoms with E-state index in [4.69, 9.17) is 17.3 Å². The van der Waals surface area contributed by atoms with Crippen molar-refractivity contribution in [1.29, 1.82) is 0 Å². The number of halogens is 2. The van der Waals surface area contributed by atoms with Crippen molar-refractivity contribution in [1.82, 2.24) is 0 Å². The Morgan fingerprint density at radius 2 is 2.13 bits per heavy atom. The first-order valence-electron chi connectivity index (χ1n) is 4.67. The van der Waals surface area contributed by atoms with Crippen molar-refractivity contribution in [3.8, 4) is 0 Å². The molecule has 0 aliphatic carbocycles. The smallest absolute Gasteiger partial charge is 0.0456 e. The van der Waals surface area contributed by atoms with Crippen LogP contribution in [-0.2, 0) is 0 Å². The molecule has 15 heavy (non-hydrogen) atoms. The quantitative estimate of drug-likeness (QED) is 0.800. The van der Waals surface area contributed by atoms with E-state index in [0.717, 1.165) is 28.1 Å². The molecule has 0 spiro atoms. The molecule has 1 atom stereocenters. The van der Waals surface area contributed by atoms with Crippen LogP contribution in [0.25, 0.3) is 0 Å². The molecule has 0 heterocycles. The highest BCUT2D eigenvalue weighted by molar-refractivity contribution is 6.31. The van der Waals surface area contributed by atoms with E-state index in [1.807, 2.05) is 32.0 Å². The van der Waals surface area contributed by atoms with Crippen molar-refractivity contribution in [3.63, 3.8) is 0 Å². The van der Waals surface area contributed by atoms with E-state index in [-0.39, 0.29) is 18.4 Å². The Morgan fingerprint density at radius 1 is 1.53 bits per heavy atom. The van der Waals surface area contributed by atoms with Crippen LogP contribution in [0.3, 0.4) is 0 Å². The molecule has 0 aliphatic rings.